The Hall–Kier alpha value is -3.08. The third-order valence-electron chi connectivity index (χ3n) is 6.16. The van der Waals surface area contributed by atoms with Crippen LogP contribution < -0.4 is 10.1 Å². The van der Waals surface area contributed by atoms with Gasteiger partial charge in [0.25, 0.3) is 0 Å². The molecule has 196 valence electrons. The highest BCUT2D eigenvalue weighted by molar-refractivity contribution is 6.01. The smallest absolute Gasteiger partial charge is 0.415 e. The number of hydrogen-bond acceptors (Lipinski definition) is 5. The summed E-state index contributed by atoms with van der Waals surface area (Å²) >= 11 is 0. The molecule has 1 fully saturated rings. The molecule has 1 saturated heterocycles. The first-order valence-corrected chi connectivity index (χ1v) is 11.5. The number of nitrogens with one attached hydrogen (secondary N) is 1. The van der Waals surface area contributed by atoms with Crippen LogP contribution in [0.25, 0.3) is 0 Å². The lowest BCUT2D eigenvalue weighted by molar-refractivity contribution is -0.171. The molecule has 1 aromatic heterocycles. The molecule has 0 aliphatic carbocycles. The van der Waals surface area contributed by atoms with Crippen molar-refractivity contribution in [1.29, 1.82) is 0 Å². The van der Waals surface area contributed by atoms with E-state index in [9.17, 15) is 31.5 Å². The van der Waals surface area contributed by atoms with Crippen LogP contribution in [0.3, 0.4) is 0 Å². The molecule has 1 N–H and O–H groups in total. The van der Waals surface area contributed by atoms with E-state index in [1.54, 1.807) is 24.0 Å². The molecular formula is C25H28F5N3O3. The second-order valence-electron chi connectivity index (χ2n) is 9.20. The highest BCUT2D eigenvalue weighted by atomic mass is 19.4. The largest absolute Gasteiger partial charge is 0.449 e. The maximum absolute atomic E-state index is 13.7. The molecule has 0 atom stereocenters. The summed E-state index contributed by atoms with van der Waals surface area (Å²) < 4.78 is 67.8. The zero-order chi connectivity index (χ0) is 26.7. The number of ketones is 1. The van der Waals surface area contributed by atoms with Gasteiger partial charge < -0.3 is 15.0 Å². The molecule has 0 radical (unpaired) electrons. The van der Waals surface area contributed by atoms with E-state index < -0.39 is 42.2 Å². The minimum atomic E-state index is -4.87. The van der Waals surface area contributed by atoms with Crippen molar-refractivity contribution in [2.75, 3.05) is 25.0 Å². The Morgan fingerprint density at radius 1 is 1.14 bits per heavy atom. The average Bonchev–Trinajstić information content (AvgIpc) is 2.76. The number of alkyl halides is 5. The standard InChI is InChI=1S/C25H28F5N3O3/c1-15(2)17-7-4-5-8-18(17)24(13-33(14-24)12-6-9-20(34)25(28,29)30)22(35)32-19-11-10-16(3)31-21(19)36-23(26)27/h4-5,7-8,10-11,15,23H,6,9,12-14H2,1-3H3,(H,32,35). The fraction of sp³-hybridized carbons (Fsp3) is 0.480. The third-order valence-corrected chi connectivity index (χ3v) is 6.16. The van der Waals surface area contributed by atoms with Crippen molar-refractivity contribution in [3.8, 4) is 5.88 Å². The topological polar surface area (TPSA) is 71.5 Å². The predicted molar refractivity (Wildman–Crippen MR) is 123 cm³/mol. The van der Waals surface area contributed by atoms with Gasteiger partial charge in [0.1, 0.15) is 5.69 Å². The van der Waals surface area contributed by atoms with Crippen LogP contribution in [0.1, 0.15) is 49.4 Å². The van der Waals surface area contributed by atoms with Crippen molar-refractivity contribution < 1.29 is 36.3 Å². The van der Waals surface area contributed by atoms with Crippen molar-refractivity contribution in [2.24, 2.45) is 0 Å². The first-order valence-electron chi connectivity index (χ1n) is 11.5. The number of carbonyl (C=O) groups is 2. The first-order chi connectivity index (χ1) is 16.8. The molecule has 2 aromatic rings. The van der Waals surface area contributed by atoms with Crippen molar-refractivity contribution in [1.82, 2.24) is 9.88 Å². The summed E-state index contributed by atoms with van der Waals surface area (Å²) in [5.41, 5.74) is 0.998. The lowest BCUT2D eigenvalue weighted by atomic mass is 9.69. The quantitative estimate of drug-likeness (QED) is 0.441. The van der Waals surface area contributed by atoms with E-state index in [2.05, 4.69) is 15.0 Å². The lowest BCUT2D eigenvalue weighted by Gasteiger charge is -2.50. The van der Waals surface area contributed by atoms with Gasteiger partial charge in [-0.2, -0.15) is 22.0 Å². The summed E-state index contributed by atoms with van der Waals surface area (Å²) in [4.78, 5) is 30.6. The van der Waals surface area contributed by atoms with E-state index in [1.807, 2.05) is 32.0 Å². The maximum atomic E-state index is 13.7. The summed E-state index contributed by atoms with van der Waals surface area (Å²) in [7, 11) is 0. The van der Waals surface area contributed by atoms with E-state index in [1.165, 1.54) is 6.07 Å². The fourth-order valence-electron chi connectivity index (χ4n) is 4.40. The summed E-state index contributed by atoms with van der Waals surface area (Å²) in [6.07, 6.45) is -5.50. The molecule has 0 bridgehead atoms. The third kappa shape index (κ3) is 6.18. The van der Waals surface area contributed by atoms with Crippen LogP contribution in [-0.4, -0.2) is 54.0 Å². The van der Waals surface area contributed by atoms with E-state index in [4.69, 9.17) is 0 Å². The number of nitrogens with zero attached hydrogens (tertiary/aromatic N) is 2. The minimum Gasteiger partial charge on any atom is -0.415 e. The number of carbonyl (C=O) groups excluding carboxylic acids is 2. The normalized spacial score (nSPS) is 15.6. The molecule has 1 aliphatic rings. The number of rotatable bonds is 10. The van der Waals surface area contributed by atoms with Crippen molar-refractivity contribution >= 4 is 17.4 Å². The highest BCUT2D eigenvalue weighted by Gasteiger charge is 2.51. The zero-order valence-electron chi connectivity index (χ0n) is 20.2. The molecule has 1 aliphatic heterocycles. The Bertz CT molecular complexity index is 1100. The summed E-state index contributed by atoms with van der Waals surface area (Å²) in [5.74, 6) is -2.59. The van der Waals surface area contributed by atoms with Gasteiger partial charge in [-0.05, 0) is 49.1 Å². The molecular weight excluding hydrogens is 485 g/mol. The maximum Gasteiger partial charge on any atom is 0.449 e. The highest BCUT2D eigenvalue weighted by Crippen LogP contribution is 2.40. The van der Waals surface area contributed by atoms with E-state index >= 15 is 0 Å². The van der Waals surface area contributed by atoms with Crippen LogP contribution in [0, 0.1) is 6.92 Å². The predicted octanol–water partition coefficient (Wildman–Crippen LogP) is 5.22. The second-order valence-corrected chi connectivity index (χ2v) is 9.20. The van der Waals surface area contributed by atoms with Gasteiger partial charge in [-0.15, -0.1) is 0 Å². The van der Waals surface area contributed by atoms with Gasteiger partial charge >= 0.3 is 12.8 Å². The summed E-state index contributed by atoms with van der Waals surface area (Å²) in [6, 6.07) is 10.3. The molecule has 6 nitrogen and oxygen atoms in total. The SMILES string of the molecule is Cc1ccc(NC(=O)C2(c3ccccc3C(C)C)CN(CCCC(=O)C(F)(F)F)C2)c(OC(F)F)n1. The Morgan fingerprint density at radius 3 is 2.42 bits per heavy atom. The van der Waals surface area contributed by atoms with Crippen LogP contribution in [0.15, 0.2) is 36.4 Å². The van der Waals surface area contributed by atoms with Crippen LogP contribution in [0.5, 0.6) is 5.88 Å². The van der Waals surface area contributed by atoms with Crippen molar-refractivity contribution in [3.63, 3.8) is 0 Å². The molecule has 36 heavy (non-hydrogen) atoms. The number of Topliss-reactive ketones (excluding diaryl/α,β-unsaturated/α-hetero) is 1. The van der Waals surface area contributed by atoms with Gasteiger partial charge in [0.15, 0.2) is 0 Å². The number of pyridine rings is 1. The Balaban J connectivity index is 1.85. The monoisotopic (exact) mass is 513 g/mol. The summed E-state index contributed by atoms with van der Waals surface area (Å²) in [5, 5.41) is 2.68. The molecule has 0 unspecified atom stereocenters. The molecule has 1 aromatic carbocycles. The molecule has 1 amide bonds. The van der Waals surface area contributed by atoms with Gasteiger partial charge in [0, 0.05) is 25.2 Å². The van der Waals surface area contributed by atoms with Crippen LogP contribution >= 0.6 is 0 Å². The van der Waals surface area contributed by atoms with Gasteiger partial charge in [-0.1, -0.05) is 38.1 Å². The van der Waals surface area contributed by atoms with E-state index in [-0.39, 0.29) is 37.7 Å². The number of anilines is 1. The number of amides is 1. The molecule has 2 heterocycles. The van der Waals surface area contributed by atoms with Gasteiger partial charge in [-0.25, -0.2) is 4.98 Å². The van der Waals surface area contributed by atoms with Crippen LogP contribution in [-0.2, 0) is 15.0 Å². The molecule has 0 saturated carbocycles. The Kier molecular flexibility index (Phi) is 8.33. The zero-order valence-corrected chi connectivity index (χ0v) is 20.2. The van der Waals surface area contributed by atoms with E-state index in [0.29, 0.717) is 5.69 Å². The number of likely N-dealkylation sites (tertiary alicyclic amines) is 1. The molecule has 0 spiro atoms. The number of ether oxygens (including phenoxy) is 1. The first kappa shape index (κ1) is 27.5. The number of aryl methyl sites for hydroxylation is 1. The molecule has 11 heteroatoms. The number of halogens is 5. The Morgan fingerprint density at radius 2 is 1.81 bits per heavy atom. The fourth-order valence-corrected chi connectivity index (χ4v) is 4.40. The molecule has 3 rings (SSSR count). The van der Waals surface area contributed by atoms with Crippen molar-refractivity contribution in [2.45, 2.75) is 57.7 Å². The van der Waals surface area contributed by atoms with Crippen LogP contribution in [0.2, 0.25) is 0 Å². The Labute approximate surface area is 205 Å². The van der Waals surface area contributed by atoms with Gasteiger partial charge in [-0.3, -0.25) is 9.59 Å². The summed E-state index contributed by atoms with van der Waals surface area (Å²) in [6.45, 7) is 2.98. The number of hydrogen-bond donors (Lipinski definition) is 1. The number of benzene rings is 1. The minimum absolute atomic E-state index is 0.00384. The van der Waals surface area contributed by atoms with Gasteiger partial charge in [0.05, 0.1) is 5.41 Å². The lowest BCUT2D eigenvalue weighted by Crippen LogP contribution is -2.65. The number of aromatic nitrogens is 1. The van der Waals surface area contributed by atoms with Crippen LogP contribution in [0.4, 0.5) is 27.6 Å². The van der Waals surface area contributed by atoms with E-state index in [0.717, 1.165) is 11.1 Å². The van der Waals surface area contributed by atoms with Gasteiger partial charge in [0.2, 0.25) is 17.6 Å². The average molecular weight is 514 g/mol. The second kappa shape index (κ2) is 10.9. The van der Waals surface area contributed by atoms with Crippen molar-refractivity contribution in [3.05, 3.63) is 53.2 Å².